The number of benzene rings is 1. The van der Waals surface area contributed by atoms with Crippen molar-refractivity contribution in [2.45, 2.75) is 59.5 Å². The van der Waals surface area contributed by atoms with E-state index in [1.807, 2.05) is 63.4 Å². The van der Waals surface area contributed by atoms with Crippen molar-refractivity contribution in [2.75, 3.05) is 18.0 Å². The molecule has 7 nitrogen and oxygen atoms in total. The first-order chi connectivity index (χ1) is 18.4. The molecule has 0 radical (unpaired) electrons. The number of hydrogen-bond acceptors (Lipinski definition) is 4. The van der Waals surface area contributed by atoms with Crippen molar-refractivity contribution >= 4 is 22.6 Å². The number of aryl methyl sites for hydroxylation is 2. The van der Waals surface area contributed by atoms with E-state index in [-0.39, 0.29) is 24.1 Å². The van der Waals surface area contributed by atoms with E-state index >= 15 is 0 Å². The molecule has 4 aromatic rings. The highest BCUT2D eigenvalue weighted by Gasteiger charge is 2.29. The number of aromatic nitrogens is 3. The highest BCUT2D eigenvalue weighted by Crippen LogP contribution is 2.36. The van der Waals surface area contributed by atoms with Crippen LogP contribution in [0.4, 0.5) is 5.82 Å². The lowest BCUT2D eigenvalue weighted by Crippen LogP contribution is -2.36. The Morgan fingerprint density at radius 1 is 1.13 bits per heavy atom. The van der Waals surface area contributed by atoms with Gasteiger partial charge in [-0.2, -0.15) is 0 Å². The molecule has 0 bridgehead atoms. The Hall–Kier alpha value is -3.87. The van der Waals surface area contributed by atoms with Crippen LogP contribution in [0.2, 0.25) is 0 Å². The predicted octanol–water partition coefficient (Wildman–Crippen LogP) is 5.31. The number of hydrogen-bond donors (Lipinski definition) is 2. The first-order valence-electron chi connectivity index (χ1n) is 13.6. The zero-order chi connectivity index (χ0) is 26.8. The summed E-state index contributed by atoms with van der Waals surface area (Å²) in [5.74, 6) is 1.40. The van der Waals surface area contributed by atoms with Crippen molar-refractivity contribution in [3.8, 4) is 0 Å². The zero-order valence-corrected chi connectivity index (χ0v) is 22.8. The van der Waals surface area contributed by atoms with E-state index in [2.05, 4.69) is 43.8 Å². The average molecular weight is 512 g/mol. The Balaban J connectivity index is 1.39. The van der Waals surface area contributed by atoms with Gasteiger partial charge < -0.3 is 19.8 Å². The molecule has 1 amide bonds. The number of fused-ring (bicyclic) bond motifs is 1. The van der Waals surface area contributed by atoms with Crippen LogP contribution in [0.25, 0.3) is 10.9 Å². The standard InChI is InChI=1S/C31H37N5O2/c1-5-23-18-20(2)34-30(37)26(23)19-33-31(38)29-22(4)36(27-11-7-6-10-25(27)29)21(3)24-13-16-35(17-14-24)28-12-8-9-15-32-28/h6-12,15,18,21,24H,5,13-14,16-17,19H2,1-4H3,(H,33,38)(H,34,37). The summed E-state index contributed by atoms with van der Waals surface area (Å²) in [5.41, 5.74) is 5.04. The monoisotopic (exact) mass is 511 g/mol. The van der Waals surface area contributed by atoms with Crippen molar-refractivity contribution < 1.29 is 4.79 Å². The first-order valence-corrected chi connectivity index (χ1v) is 13.6. The molecule has 0 saturated carbocycles. The second kappa shape index (κ2) is 10.9. The number of pyridine rings is 2. The van der Waals surface area contributed by atoms with E-state index in [1.54, 1.807) is 0 Å². The van der Waals surface area contributed by atoms with Gasteiger partial charge in [0.05, 0.1) is 5.56 Å². The van der Waals surface area contributed by atoms with Crippen LogP contribution in [0.3, 0.4) is 0 Å². The van der Waals surface area contributed by atoms with Gasteiger partial charge in [0.1, 0.15) is 5.82 Å². The third-order valence-corrected chi connectivity index (χ3v) is 8.16. The summed E-state index contributed by atoms with van der Waals surface area (Å²) < 4.78 is 2.35. The van der Waals surface area contributed by atoms with Crippen LogP contribution < -0.4 is 15.8 Å². The summed E-state index contributed by atoms with van der Waals surface area (Å²) in [7, 11) is 0. The van der Waals surface area contributed by atoms with Gasteiger partial charge in [-0.1, -0.05) is 31.2 Å². The fourth-order valence-corrected chi connectivity index (χ4v) is 6.12. The molecular formula is C31H37N5O2. The maximum Gasteiger partial charge on any atom is 0.254 e. The minimum absolute atomic E-state index is 0.132. The number of piperidine rings is 1. The third-order valence-electron chi connectivity index (χ3n) is 8.16. The molecule has 5 rings (SSSR count). The third kappa shape index (κ3) is 4.85. The maximum absolute atomic E-state index is 13.6. The number of rotatable bonds is 7. The number of aromatic amines is 1. The minimum atomic E-state index is -0.142. The minimum Gasteiger partial charge on any atom is -0.357 e. The van der Waals surface area contributed by atoms with E-state index in [0.717, 1.165) is 66.0 Å². The van der Waals surface area contributed by atoms with Crippen molar-refractivity contribution in [3.05, 3.63) is 93.2 Å². The van der Waals surface area contributed by atoms with Crippen LogP contribution in [0.15, 0.2) is 59.5 Å². The highest BCUT2D eigenvalue weighted by atomic mass is 16.2. The summed E-state index contributed by atoms with van der Waals surface area (Å²) in [6, 6.07) is 16.5. The van der Waals surface area contributed by atoms with Crippen LogP contribution >= 0.6 is 0 Å². The lowest BCUT2D eigenvalue weighted by Gasteiger charge is -2.36. The average Bonchev–Trinajstić information content (AvgIpc) is 3.23. The van der Waals surface area contributed by atoms with Crippen LogP contribution in [-0.2, 0) is 13.0 Å². The normalized spacial score (nSPS) is 15.1. The summed E-state index contributed by atoms with van der Waals surface area (Å²) >= 11 is 0. The van der Waals surface area contributed by atoms with Gasteiger partial charge in [-0.05, 0) is 75.8 Å². The van der Waals surface area contributed by atoms with Crippen LogP contribution in [0.1, 0.15) is 65.6 Å². The lowest BCUT2D eigenvalue weighted by atomic mass is 9.90. The van der Waals surface area contributed by atoms with Crippen molar-refractivity contribution in [1.82, 2.24) is 19.9 Å². The SMILES string of the molecule is CCc1cc(C)[nH]c(=O)c1CNC(=O)c1c(C)n(C(C)C2CCN(c3ccccn3)CC2)c2ccccc12. The largest absolute Gasteiger partial charge is 0.357 e. The fraction of sp³-hybridized carbons (Fsp3) is 0.387. The van der Waals surface area contributed by atoms with Gasteiger partial charge in [0, 0.05) is 59.7 Å². The van der Waals surface area contributed by atoms with Gasteiger partial charge in [0.15, 0.2) is 0 Å². The molecule has 7 heteroatoms. The maximum atomic E-state index is 13.6. The number of para-hydroxylation sites is 1. The summed E-state index contributed by atoms with van der Waals surface area (Å²) in [5, 5.41) is 4.01. The molecule has 1 atom stereocenters. The Kier molecular flexibility index (Phi) is 7.36. The number of nitrogens with zero attached hydrogens (tertiary/aromatic N) is 3. The van der Waals surface area contributed by atoms with Gasteiger partial charge >= 0.3 is 0 Å². The van der Waals surface area contributed by atoms with Gasteiger partial charge in [0.2, 0.25) is 0 Å². The fourth-order valence-electron chi connectivity index (χ4n) is 6.12. The Bertz CT molecular complexity index is 1500. The molecular weight excluding hydrogens is 474 g/mol. The number of amides is 1. The molecule has 38 heavy (non-hydrogen) atoms. The van der Waals surface area contributed by atoms with Crippen molar-refractivity contribution in [1.29, 1.82) is 0 Å². The second-order valence-electron chi connectivity index (χ2n) is 10.4. The predicted molar refractivity (Wildman–Crippen MR) is 153 cm³/mol. The van der Waals surface area contributed by atoms with E-state index in [0.29, 0.717) is 17.0 Å². The topological polar surface area (TPSA) is 83.0 Å². The summed E-state index contributed by atoms with van der Waals surface area (Å²) in [6.07, 6.45) is 4.73. The molecule has 2 N–H and O–H groups in total. The molecule has 1 aliphatic heterocycles. The first kappa shape index (κ1) is 25.8. The summed E-state index contributed by atoms with van der Waals surface area (Å²) in [4.78, 5) is 36.0. The second-order valence-corrected chi connectivity index (χ2v) is 10.4. The number of carbonyl (C=O) groups excluding carboxylic acids is 1. The smallest absolute Gasteiger partial charge is 0.254 e. The van der Waals surface area contributed by atoms with Crippen molar-refractivity contribution in [2.24, 2.45) is 5.92 Å². The molecule has 1 unspecified atom stereocenters. The molecule has 198 valence electrons. The van der Waals surface area contributed by atoms with Gasteiger partial charge in [-0.25, -0.2) is 4.98 Å². The summed E-state index contributed by atoms with van der Waals surface area (Å²) in [6.45, 7) is 10.4. The number of carbonyl (C=O) groups is 1. The Labute approximate surface area is 223 Å². The molecule has 4 heterocycles. The lowest BCUT2D eigenvalue weighted by molar-refractivity contribution is 0.0951. The van der Waals surface area contributed by atoms with Crippen molar-refractivity contribution in [3.63, 3.8) is 0 Å². The molecule has 1 saturated heterocycles. The molecule has 3 aromatic heterocycles. The molecule has 1 fully saturated rings. The van der Waals surface area contributed by atoms with Gasteiger partial charge in [0.25, 0.3) is 11.5 Å². The quantitative estimate of drug-likeness (QED) is 0.352. The van der Waals surface area contributed by atoms with Crippen LogP contribution in [0.5, 0.6) is 0 Å². The molecule has 1 aliphatic rings. The van der Waals surface area contributed by atoms with Gasteiger partial charge in [-0.15, -0.1) is 0 Å². The highest BCUT2D eigenvalue weighted by molar-refractivity contribution is 6.08. The number of nitrogens with one attached hydrogen (secondary N) is 2. The molecule has 1 aromatic carbocycles. The Morgan fingerprint density at radius 2 is 1.87 bits per heavy atom. The van der Waals surface area contributed by atoms with E-state index < -0.39 is 0 Å². The Morgan fingerprint density at radius 3 is 2.58 bits per heavy atom. The van der Waals surface area contributed by atoms with Crippen LogP contribution in [0, 0.1) is 19.8 Å². The van der Waals surface area contributed by atoms with E-state index in [1.165, 1.54) is 0 Å². The number of H-pyrrole nitrogens is 1. The van der Waals surface area contributed by atoms with Crippen LogP contribution in [-0.4, -0.2) is 33.5 Å². The number of anilines is 1. The van der Waals surface area contributed by atoms with Gasteiger partial charge in [-0.3, -0.25) is 9.59 Å². The molecule has 0 aliphatic carbocycles. The van der Waals surface area contributed by atoms with E-state index in [9.17, 15) is 9.59 Å². The molecule has 0 spiro atoms. The van der Waals surface area contributed by atoms with E-state index in [4.69, 9.17) is 0 Å². The zero-order valence-electron chi connectivity index (χ0n) is 22.8.